The van der Waals surface area contributed by atoms with Crippen molar-refractivity contribution in [2.45, 2.75) is 33.6 Å². The largest absolute Gasteiger partial charge is 0.376 e. The van der Waals surface area contributed by atoms with Crippen LogP contribution in [0.5, 0.6) is 0 Å². The molecule has 2 heteroatoms. The summed E-state index contributed by atoms with van der Waals surface area (Å²) in [7, 11) is 0. The van der Waals surface area contributed by atoms with Crippen molar-refractivity contribution in [2.24, 2.45) is 11.8 Å². The van der Waals surface area contributed by atoms with Crippen LogP contribution in [0, 0.1) is 23.2 Å². The van der Waals surface area contributed by atoms with Crippen molar-refractivity contribution in [1.29, 1.82) is 5.26 Å². The van der Waals surface area contributed by atoms with Gasteiger partial charge in [-0.25, -0.2) is 0 Å². The van der Waals surface area contributed by atoms with Crippen molar-refractivity contribution in [3.63, 3.8) is 0 Å². The number of hydrogen-bond acceptors (Lipinski definition) is 2. The highest BCUT2D eigenvalue weighted by Crippen LogP contribution is 2.09. The lowest BCUT2D eigenvalue weighted by Crippen LogP contribution is -2.10. The van der Waals surface area contributed by atoms with Gasteiger partial charge < -0.3 is 4.74 Å². The predicted octanol–water partition coefficient (Wildman–Crippen LogP) is 3.16. The summed E-state index contributed by atoms with van der Waals surface area (Å²) in [5, 5.41) is 8.78. The van der Waals surface area contributed by atoms with Gasteiger partial charge in [0, 0.05) is 0 Å². The molecule has 0 spiro atoms. The van der Waals surface area contributed by atoms with Crippen LogP contribution in [0.3, 0.4) is 0 Å². The fraction of sp³-hybridized carbons (Fsp3) is 0.750. The normalized spacial score (nSPS) is 12.5. The second-order valence-electron chi connectivity index (χ2n) is 3.94. The molecule has 0 saturated carbocycles. The highest BCUT2D eigenvalue weighted by Gasteiger charge is 2.07. The van der Waals surface area contributed by atoms with Crippen LogP contribution < -0.4 is 0 Å². The predicted molar refractivity (Wildman–Crippen MR) is 58.8 cm³/mol. The van der Waals surface area contributed by atoms with Crippen LogP contribution in [0.25, 0.3) is 0 Å². The zero-order valence-corrected chi connectivity index (χ0v) is 9.55. The Bertz CT molecular complexity index is 203. The van der Waals surface area contributed by atoms with Gasteiger partial charge in [-0.15, -0.1) is 0 Å². The van der Waals surface area contributed by atoms with E-state index in [9.17, 15) is 0 Å². The summed E-state index contributed by atoms with van der Waals surface area (Å²) in [6, 6.07) is 2.25. The molecule has 0 aliphatic heterocycles. The van der Waals surface area contributed by atoms with Crippen molar-refractivity contribution < 1.29 is 4.74 Å². The Labute approximate surface area is 87.6 Å². The molecule has 0 saturated heterocycles. The van der Waals surface area contributed by atoms with E-state index >= 15 is 0 Å². The molecule has 0 aromatic rings. The number of nitriles is 1. The van der Waals surface area contributed by atoms with Crippen molar-refractivity contribution in [3.8, 4) is 6.07 Å². The third-order valence-electron chi connectivity index (χ3n) is 2.24. The standard InChI is InChI=1S/C12H21NO/c1-5-6-12(7-13)9-14-8-11(4)10(2)3/h10,12H,4-6,8-9H2,1-3H3. The molecule has 0 aromatic carbocycles. The first kappa shape index (κ1) is 13.2. The average molecular weight is 195 g/mol. The van der Waals surface area contributed by atoms with Crippen LogP contribution in [0.1, 0.15) is 33.6 Å². The van der Waals surface area contributed by atoms with Gasteiger partial charge in [0.25, 0.3) is 0 Å². The number of nitrogens with zero attached hydrogens (tertiary/aromatic N) is 1. The fourth-order valence-electron chi connectivity index (χ4n) is 1.03. The van der Waals surface area contributed by atoms with E-state index < -0.39 is 0 Å². The second-order valence-corrected chi connectivity index (χ2v) is 3.94. The fourth-order valence-corrected chi connectivity index (χ4v) is 1.03. The van der Waals surface area contributed by atoms with Gasteiger partial charge in [0.1, 0.15) is 0 Å². The molecular weight excluding hydrogens is 174 g/mol. The van der Waals surface area contributed by atoms with E-state index in [-0.39, 0.29) is 5.92 Å². The number of ether oxygens (including phenoxy) is 1. The van der Waals surface area contributed by atoms with Gasteiger partial charge in [-0.3, -0.25) is 0 Å². The number of hydrogen-bond donors (Lipinski definition) is 0. The van der Waals surface area contributed by atoms with Crippen LogP contribution in [-0.2, 0) is 4.74 Å². The smallest absolute Gasteiger partial charge is 0.0697 e. The molecule has 0 N–H and O–H groups in total. The van der Waals surface area contributed by atoms with Gasteiger partial charge >= 0.3 is 0 Å². The quantitative estimate of drug-likeness (QED) is 0.585. The van der Waals surface area contributed by atoms with E-state index in [0.29, 0.717) is 19.1 Å². The topological polar surface area (TPSA) is 33.0 Å². The maximum absolute atomic E-state index is 8.78. The molecule has 0 amide bonds. The van der Waals surface area contributed by atoms with E-state index in [4.69, 9.17) is 10.00 Å². The van der Waals surface area contributed by atoms with E-state index in [2.05, 4.69) is 33.4 Å². The first-order valence-electron chi connectivity index (χ1n) is 5.26. The molecule has 0 aliphatic rings. The van der Waals surface area contributed by atoms with Crippen LogP contribution in [0.2, 0.25) is 0 Å². The molecular formula is C12H21NO. The van der Waals surface area contributed by atoms with Crippen LogP contribution in [-0.4, -0.2) is 13.2 Å². The molecule has 0 aromatic heterocycles. The minimum atomic E-state index is 0.0416. The lowest BCUT2D eigenvalue weighted by molar-refractivity contribution is 0.127. The van der Waals surface area contributed by atoms with Gasteiger partial charge in [0.2, 0.25) is 0 Å². The molecule has 0 bridgehead atoms. The summed E-state index contributed by atoms with van der Waals surface area (Å²) >= 11 is 0. The molecule has 14 heavy (non-hydrogen) atoms. The number of rotatable bonds is 7. The van der Waals surface area contributed by atoms with Gasteiger partial charge in [0.05, 0.1) is 25.2 Å². The minimum Gasteiger partial charge on any atom is -0.376 e. The molecule has 80 valence electrons. The zero-order chi connectivity index (χ0) is 11.0. The summed E-state index contributed by atoms with van der Waals surface area (Å²) < 4.78 is 5.44. The molecule has 0 radical (unpaired) electrons. The Kier molecular flexibility index (Phi) is 7.14. The molecule has 0 aliphatic carbocycles. The summed E-state index contributed by atoms with van der Waals surface area (Å²) in [5.41, 5.74) is 1.10. The van der Waals surface area contributed by atoms with Crippen LogP contribution in [0.4, 0.5) is 0 Å². The molecule has 0 heterocycles. The average Bonchev–Trinajstić information content (AvgIpc) is 2.16. The van der Waals surface area contributed by atoms with Crippen LogP contribution in [0.15, 0.2) is 12.2 Å². The SMILES string of the molecule is C=C(COCC(C#N)CCC)C(C)C. The Balaban J connectivity index is 3.62. The van der Waals surface area contributed by atoms with Gasteiger partial charge in [0.15, 0.2) is 0 Å². The third-order valence-corrected chi connectivity index (χ3v) is 2.24. The van der Waals surface area contributed by atoms with E-state index in [1.54, 1.807) is 0 Å². The summed E-state index contributed by atoms with van der Waals surface area (Å²) in [4.78, 5) is 0. The second kappa shape index (κ2) is 7.58. The van der Waals surface area contributed by atoms with Crippen molar-refractivity contribution in [2.75, 3.05) is 13.2 Å². The minimum absolute atomic E-state index is 0.0416. The molecule has 0 fully saturated rings. The maximum Gasteiger partial charge on any atom is 0.0697 e. The molecule has 0 rings (SSSR count). The summed E-state index contributed by atoms with van der Waals surface area (Å²) in [6.45, 7) is 11.3. The van der Waals surface area contributed by atoms with Crippen molar-refractivity contribution in [3.05, 3.63) is 12.2 Å². The molecule has 1 atom stereocenters. The van der Waals surface area contributed by atoms with Gasteiger partial charge in [-0.1, -0.05) is 33.8 Å². The van der Waals surface area contributed by atoms with E-state index in [0.717, 1.165) is 18.4 Å². The van der Waals surface area contributed by atoms with Gasteiger partial charge in [-0.05, 0) is 17.9 Å². The van der Waals surface area contributed by atoms with E-state index in [1.165, 1.54) is 0 Å². The molecule has 1 unspecified atom stereocenters. The Morgan fingerprint density at radius 1 is 1.50 bits per heavy atom. The first-order chi connectivity index (χ1) is 6.61. The highest BCUT2D eigenvalue weighted by molar-refractivity contribution is 4.97. The van der Waals surface area contributed by atoms with Crippen molar-refractivity contribution >= 4 is 0 Å². The monoisotopic (exact) mass is 195 g/mol. The Morgan fingerprint density at radius 2 is 2.14 bits per heavy atom. The van der Waals surface area contributed by atoms with E-state index in [1.807, 2.05) is 0 Å². The zero-order valence-electron chi connectivity index (χ0n) is 9.55. The Hall–Kier alpha value is -0.810. The summed E-state index contributed by atoms with van der Waals surface area (Å²) in [6.07, 6.45) is 1.96. The lowest BCUT2D eigenvalue weighted by atomic mass is 10.1. The summed E-state index contributed by atoms with van der Waals surface area (Å²) in [5.74, 6) is 0.502. The van der Waals surface area contributed by atoms with Crippen LogP contribution >= 0.6 is 0 Å². The van der Waals surface area contributed by atoms with Gasteiger partial charge in [-0.2, -0.15) is 5.26 Å². The Morgan fingerprint density at radius 3 is 2.57 bits per heavy atom. The lowest BCUT2D eigenvalue weighted by Gasteiger charge is -2.12. The van der Waals surface area contributed by atoms with Crippen molar-refractivity contribution in [1.82, 2.24) is 0 Å². The molecule has 2 nitrogen and oxygen atoms in total. The third kappa shape index (κ3) is 5.77. The maximum atomic E-state index is 8.78. The highest BCUT2D eigenvalue weighted by atomic mass is 16.5. The first-order valence-corrected chi connectivity index (χ1v) is 5.26.